The molecule has 0 spiro atoms. The van der Waals surface area contributed by atoms with Crippen LogP contribution in [0.5, 0.6) is 0 Å². The van der Waals surface area contributed by atoms with E-state index in [9.17, 15) is 0 Å². The normalized spacial score (nSPS) is 16.9. The summed E-state index contributed by atoms with van der Waals surface area (Å²) in [7, 11) is 0. The molecule has 0 unspecified atom stereocenters. The molecule has 1 aromatic rings. The summed E-state index contributed by atoms with van der Waals surface area (Å²) in [6.07, 6.45) is 2.53. The van der Waals surface area contributed by atoms with Crippen LogP contribution in [0.4, 0.5) is 0 Å². The second-order valence-corrected chi connectivity index (χ2v) is 3.96. The molecule has 1 aromatic heterocycles. The first-order chi connectivity index (χ1) is 5.27. The zero-order valence-corrected chi connectivity index (χ0v) is 8.19. The van der Waals surface area contributed by atoms with Gasteiger partial charge < -0.3 is 0 Å². The van der Waals surface area contributed by atoms with E-state index >= 15 is 0 Å². The summed E-state index contributed by atoms with van der Waals surface area (Å²) in [6, 6.07) is 4.00. The zero-order valence-electron chi connectivity index (χ0n) is 5.85. The summed E-state index contributed by atoms with van der Waals surface area (Å²) < 4.78 is 0.812. The third kappa shape index (κ3) is 1.57. The Balaban J connectivity index is 2.39. The van der Waals surface area contributed by atoms with Gasteiger partial charge in [-0.3, -0.25) is 0 Å². The Bertz CT molecular complexity index is 283. The Morgan fingerprint density at radius 2 is 2.18 bits per heavy atom. The number of aromatic nitrogens is 1. The molecule has 1 aliphatic rings. The molecule has 58 valence electrons. The topological polar surface area (TPSA) is 12.9 Å². The maximum absolute atomic E-state index is 5.92. The lowest BCUT2D eigenvalue weighted by atomic mass is 10.2. The fourth-order valence-corrected chi connectivity index (χ4v) is 1.84. The van der Waals surface area contributed by atoms with Crippen LogP contribution in [0.1, 0.15) is 24.3 Å². The van der Waals surface area contributed by atoms with Crippen LogP contribution in [0.2, 0.25) is 5.15 Å². The number of halogens is 2. The van der Waals surface area contributed by atoms with Crippen molar-refractivity contribution in [3.63, 3.8) is 0 Å². The van der Waals surface area contributed by atoms with E-state index in [2.05, 4.69) is 27.0 Å². The van der Waals surface area contributed by atoms with Gasteiger partial charge in [0.1, 0.15) is 9.76 Å². The number of pyridine rings is 1. The van der Waals surface area contributed by atoms with E-state index in [1.54, 1.807) is 0 Å². The molecule has 1 heterocycles. The van der Waals surface area contributed by atoms with E-state index in [-0.39, 0.29) is 0 Å². The van der Waals surface area contributed by atoms with Gasteiger partial charge in [0.2, 0.25) is 0 Å². The molecule has 1 nitrogen and oxygen atoms in total. The van der Waals surface area contributed by atoms with Gasteiger partial charge in [-0.15, -0.1) is 0 Å². The van der Waals surface area contributed by atoms with Crippen LogP contribution in [0.25, 0.3) is 0 Å². The molecule has 1 fully saturated rings. The molecule has 0 atom stereocenters. The molecule has 0 radical (unpaired) electrons. The molecule has 0 N–H and O–H groups in total. The molecule has 3 heteroatoms. The van der Waals surface area contributed by atoms with Crippen molar-refractivity contribution < 1.29 is 0 Å². The average molecular weight is 233 g/mol. The third-order valence-corrected chi connectivity index (χ3v) is 2.61. The van der Waals surface area contributed by atoms with Crippen LogP contribution in [-0.2, 0) is 0 Å². The van der Waals surface area contributed by atoms with Crippen LogP contribution in [0.3, 0.4) is 0 Å². The Kier molecular flexibility index (Phi) is 1.90. The largest absolute Gasteiger partial charge is 0.229 e. The standard InChI is InChI=1S/C8H7BrClN/c9-7-4-3-6(5-1-2-5)8(10)11-7/h3-5H,1-2H2. The summed E-state index contributed by atoms with van der Waals surface area (Å²) in [6.45, 7) is 0. The summed E-state index contributed by atoms with van der Waals surface area (Å²) in [5.74, 6) is 0.683. The number of rotatable bonds is 1. The van der Waals surface area contributed by atoms with Crippen molar-refractivity contribution >= 4 is 27.5 Å². The highest BCUT2D eigenvalue weighted by atomic mass is 79.9. The SMILES string of the molecule is Clc1nc(Br)ccc1C1CC1. The van der Waals surface area contributed by atoms with Gasteiger partial charge in [0.15, 0.2) is 0 Å². The summed E-state index contributed by atoms with van der Waals surface area (Å²) >= 11 is 9.19. The van der Waals surface area contributed by atoms with Gasteiger partial charge in [-0.1, -0.05) is 17.7 Å². The second kappa shape index (κ2) is 2.76. The first-order valence-electron chi connectivity index (χ1n) is 3.59. The zero-order chi connectivity index (χ0) is 7.84. The highest BCUT2D eigenvalue weighted by Gasteiger charge is 2.26. The minimum atomic E-state index is 0.655. The van der Waals surface area contributed by atoms with Crippen LogP contribution >= 0.6 is 27.5 Å². The van der Waals surface area contributed by atoms with Crippen molar-refractivity contribution in [3.05, 3.63) is 27.5 Å². The van der Waals surface area contributed by atoms with Crippen LogP contribution < -0.4 is 0 Å². The van der Waals surface area contributed by atoms with Crippen molar-refractivity contribution in [1.82, 2.24) is 4.98 Å². The number of hydrogen-bond donors (Lipinski definition) is 0. The van der Waals surface area contributed by atoms with E-state index in [4.69, 9.17) is 11.6 Å². The molecule has 2 rings (SSSR count). The van der Waals surface area contributed by atoms with Crippen molar-refractivity contribution in [1.29, 1.82) is 0 Å². The van der Waals surface area contributed by atoms with Gasteiger partial charge >= 0.3 is 0 Å². The van der Waals surface area contributed by atoms with Gasteiger partial charge in [-0.2, -0.15) is 0 Å². The quantitative estimate of drug-likeness (QED) is 0.677. The molecule has 1 aliphatic carbocycles. The van der Waals surface area contributed by atoms with Crippen molar-refractivity contribution in [3.8, 4) is 0 Å². The van der Waals surface area contributed by atoms with Gasteiger partial charge in [0, 0.05) is 0 Å². The lowest BCUT2D eigenvalue weighted by molar-refractivity contribution is 1.08. The summed E-state index contributed by atoms with van der Waals surface area (Å²) in [4.78, 5) is 4.12. The maximum Gasteiger partial charge on any atom is 0.133 e. The molecule has 0 saturated heterocycles. The second-order valence-electron chi connectivity index (χ2n) is 2.79. The summed E-state index contributed by atoms with van der Waals surface area (Å²) in [5.41, 5.74) is 1.20. The average Bonchev–Trinajstić information content (AvgIpc) is 2.70. The Hall–Kier alpha value is -0.0800. The van der Waals surface area contributed by atoms with Gasteiger partial charge in [-0.25, -0.2) is 4.98 Å². The highest BCUT2D eigenvalue weighted by Crippen LogP contribution is 2.42. The van der Waals surface area contributed by atoms with E-state index < -0.39 is 0 Å². The first kappa shape index (κ1) is 7.56. The van der Waals surface area contributed by atoms with Crippen molar-refractivity contribution in [2.75, 3.05) is 0 Å². The van der Waals surface area contributed by atoms with Gasteiger partial charge in [0.05, 0.1) is 0 Å². The highest BCUT2D eigenvalue weighted by molar-refractivity contribution is 9.10. The Labute approximate surface area is 78.9 Å². The minimum Gasteiger partial charge on any atom is -0.229 e. The molecule has 0 aliphatic heterocycles. The van der Waals surface area contributed by atoms with Crippen LogP contribution in [0.15, 0.2) is 16.7 Å². The number of nitrogens with zero attached hydrogens (tertiary/aromatic N) is 1. The predicted octanol–water partition coefficient (Wildman–Crippen LogP) is 3.37. The fourth-order valence-electron chi connectivity index (χ4n) is 1.12. The van der Waals surface area contributed by atoms with E-state index in [0.717, 1.165) is 4.60 Å². The lowest BCUT2D eigenvalue weighted by Gasteiger charge is -1.99. The van der Waals surface area contributed by atoms with E-state index in [1.165, 1.54) is 18.4 Å². The monoisotopic (exact) mass is 231 g/mol. The van der Waals surface area contributed by atoms with E-state index in [0.29, 0.717) is 11.1 Å². The van der Waals surface area contributed by atoms with Crippen molar-refractivity contribution in [2.45, 2.75) is 18.8 Å². The molecule has 0 amide bonds. The van der Waals surface area contributed by atoms with Crippen LogP contribution in [0, 0.1) is 0 Å². The van der Waals surface area contributed by atoms with Gasteiger partial charge in [-0.05, 0) is 46.3 Å². The molecule has 1 saturated carbocycles. The Morgan fingerprint density at radius 1 is 1.45 bits per heavy atom. The van der Waals surface area contributed by atoms with Crippen LogP contribution in [-0.4, -0.2) is 4.98 Å². The van der Waals surface area contributed by atoms with E-state index in [1.807, 2.05) is 6.07 Å². The fraction of sp³-hybridized carbons (Fsp3) is 0.375. The maximum atomic E-state index is 5.92. The minimum absolute atomic E-state index is 0.655. The van der Waals surface area contributed by atoms with Gasteiger partial charge in [0.25, 0.3) is 0 Å². The first-order valence-corrected chi connectivity index (χ1v) is 4.76. The smallest absolute Gasteiger partial charge is 0.133 e. The third-order valence-electron chi connectivity index (χ3n) is 1.86. The molecular formula is C8H7BrClN. The molecule has 11 heavy (non-hydrogen) atoms. The molecular weight excluding hydrogens is 225 g/mol. The lowest BCUT2D eigenvalue weighted by Crippen LogP contribution is -1.85. The number of hydrogen-bond acceptors (Lipinski definition) is 1. The van der Waals surface area contributed by atoms with Crippen molar-refractivity contribution in [2.24, 2.45) is 0 Å². The molecule has 0 bridgehead atoms. The Morgan fingerprint density at radius 3 is 2.73 bits per heavy atom. The summed E-state index contributed by atoms with van der Waals surface area (Å²) in [5, 5.41) is 0.655. The predicted molar refractivity (Wildman–Crippen MR) is 48.9 cm³/mol. The molecule has 0 aromatic carbocycles.